The van der Waals surface area contributed by atoms with Gasteiger partial charge in [0.05, 0.1) is 10.4 Å². The molecule has 1 atom stereocenters. The van der Waals surface area contributed by atoms with Crippen LogP contribution in [0.25, 0.3) is 0 Å². The summed E-state index contributed by atoms with van der Waals surface area (Å²) in [5.74, 6) is -0.280. The molecule has 2 rings (SSSR count). The lowest BCUT2D eigenvalue weighted by Crippen LogP contribution is -2.17. The van der Waals surface area contributed by atoms with Crippen LogP contribution in [0, 0.1) is 0 Å². The molecule has 21 heavy (non-hydrogen) atoms. The van der Waals surface area contributed by atoms with Gasteiger partial charge >= 0.3 is 6.36 Å². The molecule has 1 aromatic heterocycles. The van der Waals surface area contributed by atoms with Gasteiger partial charge in [0.15, 0.2) is 0 Å². The molecule has 0 saturated carbocycles. The lowest BCUT2D eigenvalue weighted by Gasteiger charge is -2.13. The van der Waals surface area contributed by atoms with Crippen molar-refractivity contribution in [2.75, 3.05) is 0 Å². The quantitative estimate of drug-likeness (QED) is 0.720. The first-order valence-corrected chi connectivity index (χ1v) is 6.75. The molecular weight excluding hydrogens is 326 g/mol. The van der Waals surface area contributed by atoms with E-state index in [0.29, 0.717) is 17.0 Å². The smallest absolute Gasteiger partial charge is 0.406 e. The lowest BCUT2D eigenvalue weighted by atomic mass is 10.0. The summed E-state index contributed by atoms with van der Waals surface area (Å²) >= 11 is 12.2. The van der Waals surface area contributed by atoms with Crippen LogP contribution in [-0.4, -0.2) is 11.3 Å². The van der Waals surface area contributed by atoms with Crippen molar-refractivity contribution < 1.29 is 17.9 Å². The van der Waals surface area contributed by atoms with Crippen molar-refractivity contribution in [3.63, 3.8) is 0 Å². The van der Waals surface area contributed by atoms with Crippen LogP contribution >= 0.6 is 23.2 Å². The summed E-state index contributed by atoms with van der Waals surface area (Å²) in [5.41, 5.74) is 1.50. The number of benzene rings is 1. The summed E-state index contributed by atoms with van der Waals surface area (Å²) < 4.78 is 40.0. The molecule has 0 amide bonds. The van der Waals surface area contributed by atoms with Crippen LogP contribution in [0.2, 0.25) is 5.02 Å². The maximum Gasteiger partial charge on any atom is 0.573 e. The minimum Gasteiger partial charge on any atom is -0.406 e. The second-order valence-electron chi connectivity index (χ2n) is 4.26. The van der Waals surface area contributed by atoms with E-state index in [0.717, 1.165) is 5.56 Å². The third-order valence-corrected chi connectivity index (χ3v) is 3.48. The van der Waals surface area contributed by atoms with Crippen molar-refractivity contribution in [2.45, 2.75) is 18.2 Å². The molecule has 0 bridgehead atoms. The Labute approximate surface area is 129 Å². The lowest BCUT2D eigenvalue weighted by molar-refractivity contribution is -0.274. The molecule has 0 aliphatic rings. The number of rotatable bonds is 4. The largest absolute Gasteiger partial charge is 0.573 e. The monoisotopic (exact) mass is 335 g/mol. The van der Waals surface area contributed by atoms with E-state index in [1.54, 1.807) is 12.3 Å². The Morgan fingerprint density at radius 3 is 2.38 bits per heavy atom. The highest BCUT2D eigenvalue weighted by Crippen LogP contribution is 2.30. The average molecular weight is 336 g/mol. The predicted molar refractivity (Wildman–Crippen MR) is 74.7 cm³/mol. The second kappa shape index (κ2) is 6.54. The highest BCUT2D eigenvalue weighted by atomic mass is 35.5. The van der Waals surface area contributed by atoms with Crippen molar-refractivity contribution in [2.24, 2.45) is 0 Å². The van der Waals surface area contributed by atoms with Gasteiger partial charge in [-0.3, -0.25) is 4.98 Å². The zero-order valence-electron chi connectivity index (χ0n) is 10.6. The molecule has 1 aromatic carbocycles. The van der Waals surface area contributed by atoms with Gasteiger partial charge < -0.3 is 4.74 Å². The molecule has 0 aliphatic heterocycles. The fourth-order valence-corrected chi connectivity index (χ4v) is 2.27. The number of halogens is 5. The molecule has 0 fully saturated rings. The van der Waals surface area contributed by atoms with Crippen LogP contribution in [0.4, 0.5) is 13.2 Å². The summed E-state index contributed by atoms with van der Waals surface area (Å²) in [7, 11) is 0. The van der Waals surface area contributed by atoms with Crippen LogP contribution in [-0.2, 0) is 6.42 Å². The van der Waals surface area contributed by atoms with E-state index >= 15 is 0 Å². The zero-order chi connectivity index (χ0) is 15.5. The normalized spacial score (nSPS) is 13.0. The second-order valence-corrected chi connectivity index (χ2v) is 5.19. The first-order chi connectivity index (χ1) is 9.85. The molecule has 2 aromatic rings. The summed E-state index contributed by atoms with van der Waals surface area (Å²) in [6.45, 7) is 0. The van der Waals surface area contributed by atoms with E-state index in [1.165, 1.54) is 30.5 Å². The first kappa shape index (κ1) is 15.9. The third kappa shape index (κ3) is 4.79. The van der Waals surface area contributed by atoms with Crippen LogP contribution in [0.5, 0.6) is 5.75 Å². The molecule has 0 aliphatic carbocycles. The first-order valence-electron chi connectivity index (χ1n) is 5.93. The summed E-state index contributed by atoms with van der Waals surface area (Å²) in [5, 5.41) is 0.0880. The maximum atomic E-state index is 12.1. The third-order valence-electron chi connectivity index (χ3n) is 2.73. The topological polar surface area (TPSA) is 22.1 Å². The number of alkyl halides is 4. The molecular formula is C14H10Cl2F3NO. The van der Waals surface area contributed by atoms with E-state index in [-0.39, 0.29) is 5.75 Å². The minimum absolute atomic E-state index is 0.280. The summed E-state index contributed by atoms with van der Waals surface area (Å²) in [6.07, 6.45) is -1.14. The fourth-order valence-electron chi connectivity index (χ4n) is 1.76. The van der Waals surface area contributed by atoms with Gasteiger partial charge in [0, 0.05) is 12.4 Å². The van der Waals surface area contributed by atoms with Crippen LogP contribution < -0.4 is 4.74 Å². The van der Waals surface area contributed by atoms with Crippen LogP contribution in [0.1, 0.15) is 16.5 Å². The van der Waals surface area contributed by atoms with E-state index in [1.807, 2.05) is 0 Å². The standard InChI is InChI=1S/C14H10Cl2F3NO/c15-12(7-10-5-6-20-8-13(10)16)9-1-3-11(4-2-9)21-14(17,18)19/h1-6,8,12H,7H2. The Morgan fingerprint density at radius 1 is 1.14 bits per heavy atom. The summed E-state index contributed by atoms with van der Waals surface area (Å²) in [4.78, 5) is 3.87. The van der Waals surface area contributed by atoms with Gasteiger partial charge in [0.25, 0.3) is 0 Å². The Balaban J connectivity index is 2.06. The van der Waals surface area contributed by atoms with Crippen LogP contribution in [0.3, 0.4) is 0 Å². The Kier molecular flexibility index (Phi) is 4.96. The maximum absolute atomic E-state index is 12.1. The molecule has 0 radical (unpaired) electrons. The van der Waals surface area contributed by atoms with Gasteiger partial charge in [-0.05, 0) is 35.7 Å². The van der Waals surface area contributed by atoms with E-state index < -0.39 is 11.7 Å². The molecule has 0 spiro atoms. The highest BCUT2D eigenvalue weighted by Gasteiger charge is 2.31. The minimum atomic E-state index is -4.70. The van der Waals surface area contributed by atoms with Crippen molar-refractivity contribution in [1.82, 2.24) is 4.98 Å². The molecule has 0 saturated heterocycles. The SMILES string of the molecule is FC(F)(F)Oc1ccc(C(Cl)Cc2ccncc2Cl)cc1. The number of aromatic nitrogens is 1. The van der Waals surface area contributed by atoms with E-state index in [9.17, 15) is 13.2 Å². The molecule has 1 unspecified atom stereocenters. The van der Waals surface area contributed by atoms with Crippen molar-refractivity contribution in [3.8, 4) is 5.75 Å². The fraction of sp³-hybridized carbons (Fsp3) is 0.214. The summed E-state index contributed by atoms with van der Waals surface area (Å²) in [6, 6.07) is 7.19. The van der Waals surface area contributed by atoms with Gasteiger partial charge in [0.2, 0.25) is 0 Å². The molecule has 112 valence electrons. The highest BCUT2D eigenvalue weighted by molar-refractivity contribution is 6.31. The number of pyridine rings is 1. The van der Waals surface area contributed by atoms with Gasteiger partial charge in [-0.2, -0.15) is 0 Å². The number of ether oxygens (including phenoxy) is 1. The Morgan fingerprint density at radius 2 is 1.81 bits per heavy atom. The number of hydrogen-bond donors (Lipinski definition) is 0. The van der Waals surface area contributed by atoms with Crippen LogP contribution in [0.15, 0.2) is 42.7 Å². The van der Waals surface area contributed by atoms with Gasteiger partial charge in [-0.25, -0.2) is 0 Å². The van der Waals surface area contributed by atoms with Crippen molar-refractivity contribution >= 4 is 23.2 Å². The van der Waals surface area contributed by atoms with Crippen molar-refractivity contribution in [3.05, 3.63) is 58.9 Å². The Bertz CT molecular complexity index is 602. The molecule has 1 heterocycles. The van der Waals surface area contributed by atoms with E-state index in [4.69, 9.17) is 23.2 Å². The average Bonchev–Trinajstić information content (AvgIpc) is 2.40. The zero-order valence-corrected chi connectivity index (χ0v) is 12.1. The van der Waals surface area contributed by atoms with E-state index in [2.05, 4.69) is 9.72 Å². The molecule has 7 heteroatoms. The van der Waals surface area contributed by atoms with Crippen molar-refractivity contribution in [1.29, 1.82) is 0 Å². The van der Waals surface area contributed by atoms with Gasteiger partial charge in [-0.15, -0.1) is 24.8 Å². The number of hydrogen-bond acceptors (Lipinski definition) is 2. The van der Waals surface area contributed by atoms with Gasteiger partial charge in [0.1, 0.15) is 5.75 Å². The van der Waals surface area contributed by atoms with Gasteiger partial charge in [-0.1, -0.05) is 23.7 Å². The molecule has 0 N–H and O–H groups in total. The predicted octanol–water partition coefficient (Wildman–Crippen LogP) is 5.16. The number of nitrogens with zero attached hydrogens (tertiary/aromatic N) is 1. The Hall–Kier alpha value is -1.46. The molecule has 2 nitrogen and oxygen atoms in total.